The monoisotopic (exact) mass is 468 g/mol. The number of benzene rings is 1. The molecule has 3 N–H and O–H groups in total. The number of aliphatic hydroxyl groups excluding tert-OH is 1. The number of esters is 3. The molecule has 0 saturated heterocycles. The van der Waals surface area contributed by atoms with Crippen LogP contribution in [0.15, 0.2) is 30.3 Å². The van der Waals surface area contributed by atoms with E-state index in [-0.39, 0.29) is 6.61 Å². The van der Waals surface area contributed by atoms with E-state index in [0.717, 1.165) is 21.3 Å². The lowest BCUT2D eigenvalue weighted by molar-refractivity contribution is -0.163. The SMILES string of the molecule is COC(=O)C(C(=O)OC)[C@H](C)[C@H](NC(=O)[C@H](CO)NC(=O)OCc1ccccc1)C(=O)OC. The number of rotatable bonds is 11. The molecular formula is C21H28N2O10. The van der Waals surface area contributed by atoms with Crippen LogP contribution >= 0.6 is 0 Å². The molecule has 0 fully saturated rings. The van der Waals surface area contributed by atoms with Crippen LogP contribution in [0.4, 0.5) is 4.79 Å². The molecule has 0 spiro atoms. The van der Waals surface area contributed by atoms with E-state index in [0.29, 0.717) is 5.56 Å². The molecule has 0 bridgehead atoms. The van der Waals surface area contributed by atoms with Crippen LogP contribution in [0.5, 0.6) is 0 Å². The Labute approximate surface area is 190 Å². The number of ether oxygens (including phenoxy) is 4. The maximum atomic E-state index is 12.6. The highest BCUT2D eigenvalue weighted by molar-refractivity contribution is 5.97. The predicted octanol–water partition coefficient (Wildman–Crippen LogP) is -0.470. The van der Waals surface area contributed by atoms with Crippen LogP contribution in [-0.4, -0.2) is 75.0 Å². The standard InChI is InChI=1S/C21H28N2O10/c1-12(15(18(26)30-2)19(27)31-3)16(20(28)32-4)23-17(25)14(10-24)22-21(29)33-11-13-8-6-5-7-9-13/h5-9,12,14-16,24H,10-11H2,1-4H3,(H,22,29)(H,23,25)/t12-,14-,16-/m0/s1. The highest BCUT2D eigenvalue weighted by Crippen LogP contribution is 2.20. The van der Waals surface area contributed by atoms with Gasteiger partial charge in [-0.3, -0.25) is 14.4 Å². The molecule has 0 radical (unpaired) electrons. The van der Waals surface area contributed by atoms with Gasteiger partial charge in [0.05, 0.1) is 27.9 Å². The molecule has 1 aromatic rings. The topological polar surface area (TPSA) is 167 Å². The molecule has 0 saturated carbocycles. The summed E-state index contributed by atoms with van der Waals surface area (Å²) in [6.45, 7) is 0.427. The number of hydrogen-bond donors (Lipinski definition) is 3. The second-order valence-corrected chi connectivity index (χ2v) is 6.83. The average Bonchev–Trinajstić information content (AvgIpc) is 2.84. The van der Waals surface area contributed by atoms with E-state index in [1.165, 1.54) is 6.92 Å². The summed E-state index contributed by atoms with van der Waals surface area (Å²) in [5, 5.41) is 14.0. The van der Waals surface area contributed by atoms with Crippen molar-refractivity contribution in [2.45, 2.75) is 25.6 Å². The van der Waals surface area contributed by atoms with E-state index in [9.17, 15) is 29.1 Å². The van der Waals surface area contributed by atoms with Crippen molar-refractivity contribution in [2.75, 3.05) is 27.9 Å². The van der Waals surface area contributed by atoms with Crippen molar-refractivity contribution in [3.8, 4) is 0 Å². The van der Waals surface area contributed by atoms with Gasteiger partial charge in [0.15, 0.2) is 5.92 Å². The zero-order chi connectivity index (χ0) is 25.0. The Morgan fingerprint density at radius 3 is 1.91 bits per heavy atom. The number of hydrogen-bond acceptors (Lipinski definition) is 10. The molecule has 0 unspecified atom stereocenters. The minimum Gasteiger partial charge on any atom is -0.468 e. The van der Waals surface area contributed by atoms with Gasteiger partial charge in [0.2, 0.25) is 5.91 Å². The van der Waals surface area contributed by atoms with E-state index in [2.05, 4.69) is 24.8 Å². The summed E-state index contributed by atoms with van der Waals surface area (Å²) in [6, 6.07) is 5.74. The number of nitrogens with one attached hydrogen (secondary N) is 2. The third-order valence-corrected chi connectivity index (χ3v) is 4.72. The molecule has 0 aliphatic carbocycles. The predicted molar refractivity (Wildman–Crippen MR) is 111 cm³/mol. The molecule has 0 heterocycles. The van der Waals surface area contributed by atoms with Crippen molar-refractivity contribution in [3.05, 3.63) is 35.9 Å². The first-order valence-corrected chi connectivity index (χ1v) is 9.82. The number of alkyl carbamates (subject to hydrolysis) is 1. The lowest BCUT2D eigenvalue weighted by atomic mass is 9.87. The molecule has 2 amide bonds. The lowest BCUT2D eigenvalue weighted by Gasteiger charge is -2.28. The van der Waals surface area contributed by atoms with Crippen molar-refractivity contribution in [1.82, 2.24) is 10.6 Å². The van der Waals surface area contributed by atoms with E-state index >= 15 is 0 Å². The van der Waals surface area contributed by atoms with Gasteiger partial charge in [0.25, 0.3) is 0 Å². The summed E-state index contributed by atoms with van der Waals surface area (Å²) in [5.41, 5.74) is 0.703. The summed E-state index contributed by atoms with van der Waals surface area (Å²) in [4.78, 5) is 61.1. The fraction of sp³-hybridized carbons (Fsp3) is 0.476. The fourth-order valence-electron chi connectivity index (χ4n) is 2.86. The van der Waals surface area contributed by atoms with Gasteiger partial charge >= 0.3 is 24.0 Å². The van der Waals surface area contributed by atoms with Crippen molar-refractivity contribution >= 4 is 29.9 Å². The smallest absolute Gasteiger partial charge is 0.408 e. The molecule has 1 aromatic carbocycles. The quantitative estimate of drug-likeness (QED) is 0.219. The van der Waals surface area contributed by atoms with E-state index in [1.807, 2.05) is 0 Å². The van der Waals surface area contributed by atoms with E-state index in [1.54, 1.807) is 30.3 Å². The Morgan fingerprint density at radius 1 is 0.879 bits per heavy atom. The van der Waals surface area contributed by atoms with E-state index < -0.39 is 60.4 Å². The average molecular weight is 468 g/mol. The highest BCUT2D eigenvalue weighted by Gasteiger charge is 2.43. The molecule has 12 heteroatoms. The highest BCUT2D eigenvalue weighted by atomic mass is 16.6. The van der Waals surface area contributed by atoms with Crippen molar-refractivity contribution in [2.24, 2.45) is 11.8 Å². The van der Waals surface area contributed by atoms with Gasteiger partial charge in [-0.1, -0.05) is 37.3 Å². The first-order valence-electron chi connectivity index (χ1n) is 9.82. The maximum absolute atomic E-state index is 12.6. The second-order valence-electron chi connectivity index (χ2n) is 6.83. The fourth-order valence-corrected chi connectivity index (χ4v) is 2.86. The summed E-state index contributed by atoms with van der Waals surface area (Å²) in [7, 11) is 3.13. The Morgan fingerprint density at radius 2 is 1.42 bits per heavy atom. The Hall–Kier alpha value is -3.67. The largest absolute Gasteiger partial charge is 0.468 e. The second kappa shape index (κ2) is 13.7. The maximum Gasteiger partial charge on any atom is 0.408 e. The van der Waals surface area contributed by atoms with Crippen LogP contribution in [0, 0.1) is 11.8 Å². The van der Waals surface area contributed by atoms with Gasteiger partial charge in [-0.2, -0.15) is 0 Å². The van der Waals surface area contributed by atoms with Crippen LogP contribution < -0.4 is 10.6 Å². The third kappa shape index (κ3) is 8.07. The Bertz CT molecular complexity index is 814. The van der Waals surface area contributed by atoms with Gasteiger partial charge in [0, 0.05) is 5.92 Å². The third-order valence-electron chi connectivity index (χ3n) is 4.72. The van der Waals surface area contributed by atoms with E-state index in [4.69, 9.17) is 4.74 Å². The normalized spacial score (nSPS) is 13.2. The lowest BCUT2D eigenvalue weighted by Crippen LogP contribution is -2.57. The molecule has 0 aliphatic heterocycles. The first kappa shape index (κ1) is 27.4. The molecule has 12 nitrogen and oxygen atoms in total. The zero-order valence-electron chi connectivity index (χ0n) is 18.7. The minimum atomic E-state index is -1.55. The molecule has 0 aliphatic rings. The number of amides is 2. The summed E-state index contributed by atoms with van der Waals surface area (Å²) in [6.07, 6.45) is -0.988. The van der Waals surface area contributed by atoms with Gasteiger partial charge < -0.3 is 34.7 Å². The zero-order valence-corrected chi connectivity index (χ0v) is 18.7. The van der Waals surface area contributed by atoms with Crippen molar-refractivity contribution in [1.29, 1.82) is 0 Å². The number of methoxy groups -OCH3 is 3. The van der Waals surface area contributed by atoms with Crippen molar-refractivity contribution < 1.29 is 48.0 Å². The van der Waals surface area contributed by atoms with Crippen molar-refractivity contribution in [3.63, 3.8) is 0 Å². The molecule has 0 aromatic heterocycles. The summed E-state index contributed by atoms with van der Waals surface area (Å²) in [5.74, 6) is -6.65. The molecule has 1 rings (SSSR count). The van der Waals surface area contributed by atoms with Crippen LogP contribution in [0.3, 0.4) is 0 Å². The van der Waals surface area contributed by atoms with Gasteiger partial charge in [-0.05, 0) is 5.56 Å². The van der Waals surface area contributed by atoms with Crippen LogP contribution in [-0.2, 0) is 44.7 Å². The van der Waals surface area contributed by atoms with Crippen LogP contribution in [0.1, 0.15) is 12.5 Å². The number of carbonyl (C=O) groups is 5. The van der Waals surface area contributed by atoms with Crippen LogP contribution in [0.2, 0.25) is 0 Å². The number of carbonyl (C=O) groups excluding carboxylic acids is 5. The number of aliphatic hydroxyl groups is 1. The van der Waals surface area contributed by atoms with Gasteiger partial charge in [-0.25, -0.2) is 9.59 Å². The first-order chi connectivity index (χ1) is 15.7. The van der Waals surface area contributed by atoms with Gasteiger partial charge in [0.1, 0.15) is 18.7 Å². The summed E-state index contributed by atoms with van der Waals surface area (Å²) >= 11 is 0. The molecular weight excluding hydrogens is 440 g/mol. The van der Waals surface area contributed by atoms with Gasteiger partial charge in [-0.15, -0.1) is 0 Å². The van der Waals surface area contributed by atoms with Crippen LogP contribution in [0.25, 0.3) is 0 Å². The summed E-state index contributed by atoms with van der Waals surface area (Å²) < 4.78 is 18.9. The molecule has 3 atom stereocenters. The minimum absolute atomic E-state index is 0.0752. The molecule has 33 heavy (non-hydrogen) atoms. The Balaban J connectivity index is 2.91. The Kier molecular flexibility index (Phi) is 11.3. The molecule has 182 valence electrons.